The maximum Gasteiger partial charge on any atom is 0.250 e. The first-order chi connectivity index (χ1) is 11.1. The summed E-state index contributed by atoms with van der Waals surface area (Å²) in [7, 11) is 0. The Morgan fingerprint density at radius 1 is 1.29 bits per heavy atom. The number of thiocarbonyl (C=S) groups is 1. The van der Waals surface area contributed by atoms with Gasteiger partial charge in [-0.1, -0.05) is 26.1 Å². The first-order valence-corrected chi connectivity index (χ1v) is 7.86. The molecule has 0 aliphatic carbocycles. The van der Waals surface area contributed by atoms with E-state index >= 15 is 0 Å². The molecule has 0 aliphatic rings. The fourth-order valence-electron chi connectivity index (χ4n) is 2.13. The Kier molecular flexibility index (Phi) is 6.84. The topological polar surface area (TPSA) is 134 Å². The van der Waals surface area contributed by atoms with E-state index in [2.05, 4.69) is 10.6 Å². The molecular formula is C16H23N5O2S. The van der Waals surface area contributed by atoms with Gasteiger partial charge in [0.05, 0.1) is 16.2 Å². The largest absolute Gasteiger partial charge is 0.373 e. The maximum atomic E-state index is 11.6. The second-order valence-electron chi connectivity index (χ2n) is 5.90. The Bertz CT molecular complexity index is 672. The third kappa shape index (κ3) is 5.62. The van der Waals surface area contributed by atoms with Crippen molar-refractivity contribution in [2.24, 2.45) is 17.4 Å². The van der Waals surface area contributed by atoms with Crippen LogP contribution in [0, 0.1) is 11.3 Å². The summed E-state index contributed by atoms with van der Waals surface area (Å²) in [6.07, 6.45) is 0.279. The molecule has 0 spiro atoms. The number of benzene rings is 1. The Morgan fingerprint density at radius 3 is 2.38 bits per heavy atom. The standard InChI is InChI=1S/C16H23N5O2S/c1-8(2)14(16(19)23)20-10-4-5-11(15(18)22)12(7-10)21-13(24)6-9(3)17/h4-5,7-8,14,17,20H,6H2,1-3H3,(H2,18,22)(H2,19,23)(H,21,24). The molecule has 1 aromatic carbocycles. The molecular weight excluding hydrogens is 326 g/mol. The van der Waals surface area contributed by atoms with Crippen LogP contribution < -0.4 is 22.1 Å². The molecule has 24 heavy (non-hydrogen) atoms. The molecule has 2 amide bonds. The van der Waals surface area contributed by atoms with Gasteiger partial charge >= 0.3 is 0 Å². The molecule has 8 heteroatoms. The lowest BCUT2D eigenvalue weighted by Gasteiger charge is -2.21. The van der Waals surface area contributed by atoms with E-state index < -0.39 is 17.9 Å². The summed E-state index contributed by atoms with van der Waals surface area (Å²) in [5.74, 6) is -1.07. The van der Waals surface area contributed by atoms with Crippen LogP contribution in [0.2, 0.25) is 0 Å². The number of hydrogen-bond donors (Lipinski definition) is 5. The minimum atomic E-state index is -0.603. The summed E-state index contributed by atoms with van der Waals surface area (Å²) in [6, 6.07) is 4.29. The number of primary amides is 2. The van der Waals surface area contributed by atoms with Crippen LogP contribution in [-0.4, -0.2) is 28.6 Å². The van der Waals surface area contributed by atoms with Gasteiger partial charge in [0, 0.05) is 17.8 Å². The lowest BCUT2D eigenvalue weighted by atomic mass is 10.0. The summed E-state index contributed by atoms with van der Waals surface area (Å²) in [6.45, 7) is 5.39. The molecule has 0 fully saturated rings. The van der Waals surface area contributed by atoms with Crippen LogP contribution in [0.15, 0.2) is 18.2 Å². The van der Waals surface area contributed by atoms with Crippen LogP contribution in [-0.2, 0) is 4.79 Å². The first-order valence-electron chi connectivity index (χ1n) is 7.45. The highest BCUT2D eigenvalue weighted by atomic mass is 32.1. The summed E-state index contributed by atoms with van der Waals surface area (Å²) in [4.78, 5) is 23.5. The molecule has 7 N–H and O–H groups in total. The van der Waals surface area contributed by atoms with Crippen molar-refractivity contribution in [1.82, 2.24) is 0 Å². The highest BCUT2D eigenvalue weighted by Crippen LogP contribution is 2.23. The Morgan fingerprint density at radius 2 is 1.92 bits per heavy atom. The Balaban J connectivity index is 3.11. The molecule has 0 bridgehead atoms. The number of carbonyl (C=O) groups is 2. The number of nitrogens with two attached hydrogens (primary N) is 2. The van der Waals surface area contributed by atoms with E-state index in [4.69, 9.17) is 29.1 Å². The SMILES string of the molecule is CC(=N)CC(=S)Nc1cc(NC(C(N)=O)C(C)C)ccc1C(N)=O. The summed E-state index contributed by atoms with van der Waals surface area (Å²) in [5.41, 5.74) is 12.5. The van der Waals surface area contributed by atoms with Crippen LogP contribution in [0.4, 0.5) is 11.4 Å². The zero-order valence-corrected chi connectivity index (χ0v) is 14.8. The van der Waals surface area contributed by atoms with Crippen LogP contribution >= 0.6 is 12.2 Å². The van der Waals surface area contributed by atoms with E-state index in [0.717, 1.165) is 0 Å². The maximum absolute atomic E-state index is 11.6. The van der Waals surface area contributed by atoms with Gasteiger partial charge in [0.25, 0.3) is 5.91 Å². The molecule has 0 aromatic heterocycles. The number of nitrogens with one attached hydrogen (secondary N) is 3. The predicted molar refractivity (Wildman–Crippen MR) is 101 cm³/mol. The number of rotatable bonds is 8. The van der Waals surface area contributed by atoms with Crippen LogP contribution in [0.3, 0.4) is 0 Å². The van der Waals surface area contributed by atoms with E-state index in [-0.39, 0.29) is 17.9 Å². The van der Waals surface area contributed by atoms with Gasteiger partial charge in [-0.05, 0) is 31.0 Å². The van der Waals surface area contributed by atoms with Gasteiger partial charge in [-0.15, -0.1) is 0 Å². The molecule has 0 saturated heterocycles. The molecule has 0 aliphatic heterocycles. The van der Waals surface area contributed by atoms with E-state index in [9.17, 15) is 9.59 Å². The first kappa shape index (κ1) is 19.6. The van der Waals surface area contributed by atoms with Crippen molar-refractivity contribution in [3.63, 3.8) is 0 Å². The summed E-state index contributed by atoms with van der Waals surface area (Å²) < 4.78 is 0. The highest BCUT2D eigenvalue weighted by Gasteiger charge is 2.20. The molecule has 1 atom stereocenters. The molecule has 0 radical (unpaired) electrons. The van der Waals surface area contributed by atoms with Crippen molar-refractivity contribution in [3.05, 3.63) is 23.8 Å². The van der Waals surface area contributed by atoms with Crippen LogP contribution in [0.1, 0.15) is 37.6 Å². The third-order valence-electron chi connectivity index (χ3n) is 3.28. The van der Waals surface area contributed by atoms with Gasteiger partial charge in [0.2, 0.25) is 5.91 Å². The smallest absolute Gasteiger partial charge is 0.250 e. The van der Waals surface area contributed by atoms with Crippen molar-refractivity contribution in [1.29, 1.82) is 5.41 Å². The number of hydrogen-bond acceptors (Lipinski definition) is 5. The lowest BCUT2D eigenvalue weighted by molar-refractivity contribution is -0.119. The minimum absolute atomic E-state index is 0.00336. The molecule has 1 aromatic rings. The van der Waals surface area contributed by atoms with Gasteiger partial charge in [-0.3, -0.25) is 9.59 Å². The third-order valence-corrected chi connectivity index (χ3v) is 3.53. The minimum Gasteiger partial charge on any atom is -0.373 e. The number of amides is 2. The van der Waals surface area contributed by atoms with E-state index in [1.54, 1.807) is 25.1 Å². The van der Waals surface area contributed by atoms with E-state index in [0.29, 0.717) is 22.1 Å². The average Bonchev–Trinajstić information content (AvgIpc) is 2.42. The zero-order valence-electron chi connectivity index (χ0n) is 14.0. The van der Waals surface area contributed by atoms with Gasteiger partial charge < -0.3 is 27.5 Å². The molecule has 7 nitrogen and oxygen atoms in total. The van der Waals surface area contributed by atoms with E-state index in [1.807, 2.05) is 13.8 Å². The van der Waals surface area contributed by atoms with Gasteiger partial charge in [-0.25, -0.2) is 0 Å². The normalized spacial score (nSPS) is 11.7. The van der Waals surface area contributed by atoms with Crippen molar-refractivity contribution in [3.8, 4) is 0 Å². The van der Waals surface area contributed by atoms with Gasteiger partial charge in [0.1, 0.15) is 6.04 Å². The highest BCUT2D eigenvalue weighted by molar-refractivity contribution is 7.80. The molecule has 1 unspecified atom stereocenters. The second-order valence-corrected chi connectivity index (χ2v) is 6.39. The van der Waals surface area contributed by atoms with E-state index in [1.165, 1.54) is 0 Å². The van der Waals surface area contributed by atoms with Crippen molar-refractivity contribution >= 4 is 46.1 Å². The van der Waals surface area contributed by atoms with Crippen LogP contribution in [0.25, 0.3) is 0 Å². The quantitative estimate of drug-likeness (QED) is 0.361. The number of carbonyl (C=O) groups excluding carboxylic acids is 2. The Labute approximate surface area is 146 Å². The van der Waals surface area contributed by atoms with Gasteiger partial charge in [0.15, 0.2) is 0 Å². The van der Waals surface area contributed by atoms with Crippen molar-refractivity contribution in [2.75, 3.05) is 10.6 Å². The Hall–Kier alpha value is -2.48. The lowest BCUT2D eigenvalue weighted by Crippen LogP contribution is -2.39. The van der Waals surface area contributed by atoms with Gasteiger partial charge in [-0.2, -0.15) is 0 Å². The second kappa shape index (κ2) is 8.39. The number of anilines is 2. The molecule has 130 valence electrons. The summed E-state index contributed by atoms with van der Waals surface area (Å²) >= 11 is 5.17. The zero-order chi connectivity index (χ0) is 18.4. The fraction of sp³-hybridized carbons (Fsp3) is 0.375. The average molecular weight is 349 g/mol. The molecule has 1 rings (SSSR count). The van der Waals surface area contributed by atoms with Crippen LogP contribution in [0.5, 0.6) is 0 Å². The fourth-order valence-corrected chi connectivity index (χ4v) is 2.46. The predicted octanol–water partition coefficient (Wildman–Crippen LogP) is 1.88. The molecule has 0 saturated carbocycles. The van der Waals surface area contributed by atoms with Crippen molar-refractivity contribution < 1.29 is 9.59 Å². The summed E-state index contributed by atoms with van der Waals surface area (Å²) in [5, 5.41) is 13.5. The van der Waals surface area contributed by atoms with Crippen molar-refractivity contribution in [2.45, 2.75) is 33.2 Å². The monoisotopic (exact) mass is 349 g/mol. The molecule has 0 heterocycles.